The van der Waals surface area contributed by atoms with Crippen LogP contribution in [0.1, 0.15) is 38.1 Å². The second-order valence-electron chi connectivity index (χ2n) is 5.97. The van der Waals surface area contributed by atoms with Crippen molar-refractivity contribution in [3.8, 4) is 0 Å². The molecule has 2 heterocycles. The molecule has 1 aliphatic rings. The number of hydrogen-bond acceptors (Lipinski definition) is 5. The van der Waals surface area contributed by atoms with Crippen LogP contribution in [-0.2, 0) is 22.5 Å². The molecule has 0 saturated heterocycles. The van der Waals surface area contributed by atoms with Crippen LogP contribution in [0.25, 0.3) is 0 Å². The number of fused-ring (bicyclic) bond motifs is 1. The van der Waals surface area contributed by atoms with Gasteiger partial charge in [-0.2, -0.15) is 0 Å². The lowest BCUT2D eigenvalue weighted by Crippen LogP contribution is -2.33. The van der Waals surface area contributed by atoms with Gasteiger partial charge in [-0.3, -0.25) is 9.59 Å². The third-order valence-corrected chi connectivity index (χ3v) is 5.43. The average molecular weight is 394 g/mol. The molecule has 2 aromatic rings. The molecule has 6 nitrogen and oxygen atoms in total. The van der Waals surface area contributed by atoms with Crippen LogP contribution in [0, 0.1) is 11.6 Å². The van der Waals surface area contributed by atoms with E-state index in [0.29, 0.717) is 31.1 Å². The lowest BCUT2D eigenvalue weighted by molar-refractivity contribution is -0.129. The van der Waals surface area contributed by atoms with Crippen LogP contribution >= 0.6 is 11.3 Å². The van der Waals surface area contributed by atoms with Gasteiger partial charge in [0.1, 0.15) is 16.6 Å². The first-order valence-corrected chi connectivity index (χ1v) is 8.88. The molecule has 27 heavy (non-hydrogen) atoms. The lowest BCUT2D eigenvalue weighted by Gasteiger charge is -2.25. The highest BCUT2D eigenvalue weighted by atomic mass is 32.1. The third-order valence-electron chi connectivity index (χ3n) is 4.29. The first-order valence-electron chi connectivity index (χ1n) is 8.06. The van der Waals surface area contributed by atoms with Gasteiger partial charge in [0.15, 0.2) is 0 Å². The van der Waals surface area contributed by atoms with Crippen LogP contribution in [0.15, 0.2) is 18.2 Å². The molecular weight excluding hydrogens is 378 g/mol. The number of carbonyl (C=O) groups excluding carboxylic acids is 3. The van der Waals surface area contributed by atoms with E-state index in [0.717, 1.165) is 28.3 Å². The van der Waals surface area contributed by atoms with Crippen LogP contribution in [0.5, 0.6) is 0 Å². The zero-order valence-corrected chi connectivity index (χ0v) is 15.4. The predicted molar refractivity (Wildman–Crippen MR) is 94.8 cm³/mol. The summed E-state index contributed by atoms with van der Waals surface area (Å²) in [6.07, 6.45) is 0.441. The highest BCUT2D eigenvalue weighted by Crippen LogP contribution is 2.38. The van der Waals surface area contributed by atoms with Crippen molar-refractivity contribution in [3.63, 3.8) is 0 Å². The van der Waals surface area contributed by atoms with Crippen molar-refractivity contribution in [1.82, 2.24) is 4.90 Å². The van der Waals surface area contributed by atoms with Crippen molar-refractivity contribution < 1.29 is 27.9 Å². The normalized spacial score (nSPS) is 13.1. The van der Waals surface area contributed by atoms with Crippen LogP contribution in [-0.4, -0.2) is 36.3 Å². The number of anilines is 1. The molecule has 0 aliphatic carbocycles. The maximum absolute atomic E-state index is 13.9. The zero-order chi connectivity index (χ0) is 19.7. The maximum atomic E-state index is 13.9. The number of rotatable bonds is 3. The van der Waals surface area contributed by atoms with Crippen molar-refractivity contribution >= 4 is 34.1 Å². The molecule has 0 atom stereocenters. The van der Waals surface area contributed by atoms with Gasteiger partial charge in [0.05, 0.1) is 24.8 Å². The van der Waals surface area contributed by atoms with E-state index in [4.69, 9.17) is 4.74 Å². The molecule has 0 fully saturated rings. The second-order valence-corrected chi connectivity index (χ2v) is 7.07. The van der Waals surface area contributed by atoms with Gasteiger partial charge in [0.2, 0.25) is 5.91 Å². The Morgan fingerprint density at radius 3 is 2.63 bits per heavy atom. The Balaban J connectivity index is 1.96. The Hall–Kier alpha value is -2.81. The molecular formula is C18H16F2N2O4S. The van der Waals surface area contributed by atoms with E-state index in [-0.39, 0.29) is 22.0 Å². The van der Waals surface area contributed by atoms with Gasteiger partial charge in [0.25, 0.3) is 5.91 Å². The predicted octanol–water partition coefficient (Wildman–Crippen LogP) is 2.97. The van der Waals surface area contributed by atoms with E-state index >= 15 is 0 Å². The number of thiophene rings is 1. The van der Waals surface area contributed by atoms with Crippen LogP contribution in [0.4, 0.5) is 13.8 Å². The molecule has 1 aromatic carbocycles. The van der Waals surface area contributed by atoms with Crippen LogP contribution in [0.2, 0.25) is 0 Å². The molecule has 1 N–H and O–H groups in total. The minimum absolute atomic E-state index is 0.0902. The zero-order valence-electron chi connectivity index (χ0n) is 14.6. The quantitative estimate of drug-likeness (QED) is 0.813. The number of halogens is 2. The molecule has 0 unspecified atom stereocenters. The Kier molecular flexibility index (Phi) is 5.22. The van der Waals surface area contributed by atoms with Gasteiger partial charge in [-0.15, -0.1) is 11.3 Å². The fourth-order valence-corrected chi connectivity index (χ4v) is 4.17. The van der Waals surface area contributed by atoms with Crippen molar-refractivity contribution in [1.29, 1.82) is 0 Å². The first kappa shape index (κ1) is 19.0. The van der Waals surface area contributed by atoms with E-state index < -0.39 is 23.5 Å². The van der Waals surface area contributed by atoms with E-state index in [1.165, 1.54) is 14.0 Å². The molecule has 1 aromatic heterocycles. The van der Waals surface area contributed by atoms with Crippen LogP contribution in [0.3, 0.4) is 0 Å². The molecule has 142 valence electrons. The number of carbonyl (C=O) groups is 3. The number of ether oxygens (including phenoxy) is 1. The molecule has 1 aliphatic heterocycles. The first-order chi connectivity index (χ1) is 12.8. The summed E-state index contributed by atoms with van der Waals surface area (Å²) in [5, 5.41) is 2.73. The highest BCUT2D eigenvalue weighted by Gasteiger charge is 2.30. The number of amides is 2. The maximum Gasteiger partial charge on any atom is 0.341 e. The van der Waals surface area contributed by atoms with E-state index in [9.17, 15) is 23.2 Å². The van der Waals surface area contributed by atoms with E-state index in [2.05, 4.69) is 5.32 Å². The SMILES string of the molecule is COC(=O)c1c(NC(=O)c2ccc(F)cc2F)sc2c1CCN(C(C)=O)C2. The monoisotopic (exact) mass is 394 g/mol. The lowest BCUT2D eigenvalue weighted by atomic mass is 10.0. The second kappa shape index (κ2) is 7.43. The van der Waals surface area contributed by atoms with Crippen molar-refractivity contribution in [3.05, 3.63) is 51.4 Å². The van der Waals surface area contributed by atoms with Gasteiger partial charge >= 0.3 is 5.97 Å². The standard InChI is InChI=1S/C18H16F2N2O4S/c1-9(23)22-6-5-12-14(8-22)27-17(15(12)18(25)26-2)21-16(24)11-4-3-10(19)7-13(11)20/h3-4,7H,5-6,8H2,1-2H3,(H,21,24). The van der Waals surface area contributed by atoms with Gasteiger partial charge in [-0.1, -0.05) is 0 Å². The summed E-state index contributed by atoms with van der Waals surface area (Å²) in [6, 6.07) is 2.62. The van der Waals surface area contributed by atoms with Gasteiger partial charge in [-0.05, 0) is 24.1 Å². The van der Waals surface area contributed by atoms with E-state index in [1.54, 1.807) is 4.90 Å². The summed E-state index contributed by atoms with van der Waals surface area (Å²) in [6.45, 7) is 2.23. The topological polar surface area (TPSA) is 75.7 Å². The van der Waals surface area contributed by atoms with Gasteiger partial charge in [0, 0.05) is 24.4 Å². The molecule has 9 heteroatoms. The summed E-state index contributed by atoms with van der Waals surface area (Å²) in [7, 11) is 1.22. The van der Waals surface area contributed by atoms with Crippen molar-refractivity contribution in [2.75, 3.05) is 19.0 Å². The fraction of sp³-hybridized carbons (Fsp3) is 0.278. The minimum Gasteiger partial charge on any atom is -0.465 e. The number of hydrogen-bond donors (Lipinski definition) is 1. The Morgan fingerprint density at radius 2 is 2.00 bits per heavy atom. The number of nitrogens with one attached hydrogen (secondary N) is 1. The van der Waals surface area contributed by atoms with Crippen molar-refractivity contribution in [2.24, 2.45) is 0 Å². The molecule has 3 rings (SSSR count). The van der Waals surface area contributed by atoms with Crippen molar-refractivity contribution in [2.45, 2.75) is 19.9 Å². The molecule has 0 saturated carbocycles. The Labute approximate surface area is 157 Å². The summed E-state index contributed by atoms with van der Waals surface area (Å²) < 4.78 is 31.7. The number of benzene rings is 1. The molecule has 0 spiro atoms. The molecule has 2 amide bonds. The summed E-state index contributed by atoms with van der Waals surface area (Å²) in [5.74, 6) is -3.32. The van der Waals surface area contributed by atoms with Gasteiger partial charge < -0.3 is 15.0 Å². The number of esters is 1. The van der Waals surface area contributed by atoms with Crippen LogP contribution < -0.4 is 5.32 Å². The summed E-state index contributed by atoms with van der Waals surface area (Å²) in [5.41, 5.74) is 0.569. The third kappa shape index (κ3) is 3.68. The Morgan fingerprint density at radius 1 is 1.26 bits per heavy atom. The van der Waals surface area contributed by atoms with E-state index in [1.807, 2.05) is 0 Å². The van der Waals surface area contributed by atoms with Gasteiger partial charge in [-0.25, -0.2) is 13.6 Å². The minimum atomic E-state index is -1.00. The molecule has 0 radical (unpaired) electrons. The molecule has 0 bridgehead atoms. The fourth-order valence-electron chi connectivity index (χ4n) is 2.92. The average Bonchev–Trinajstić information content (AvgIpc) is 2.97. The smallest absolute Gasteiger partial charge is 0.341 e. The highest BCUT2D eigenvalue weighted by molar-refractivity contribution is 7.17. The largest absolute Gasteiger partial charge is 0.465 e. The summed E-state index contributed by atoms with van der Waals surface area (Å²) in [4.78, 5) is 38.7. The Bertz CT molecular complexity index is 942. The number of methoxy groups -OCH3 is 1. The number of nitrogens with zero attached hydrogens (tertiary/aromatic N) is 1. The summed E-state index contributed by atoms with van der Waals surface area (Å²) >= 11 is 1.14.